The Morgan fingerprint density at radius 2 is 2.00 bits per heavy atom. The molecule has 0 bridgehead atoms. The van der Waals surface area contributed by atoms with Gasteiger partial charge in [-0.15, -0.1) is 12.3 Å². The van der Waals surface area contributed by atoms with Gasteiger partial charge in [-0.2, -0.15) is 0 Å². The summed E-state index contributed by atoms with van der Waals surface area (Å²) >= 11 is 0. The fraction of sp³-hybridized carbons (Fsp3) is 0.571. The number of carbonyl (C=O) groups is 1. The van der Waals surface area contributed by atoms with Crippen LogP contribution < -0.4 is 0 Å². The molecular weight excluding hydrogens is 312 g/mol. The fourth-order valence-electron chi connectivity index (χ4n) is 3.93. The van der Waals surface area contributed by atoms with E-state index in [9.17, 15) is 4.79 Å². The largest absolute Gasteiger partial charge is 0.360 e. The molecule has 0 saturated carbocycles. The zero-order valence-electron chi connectivity index (χ0n) is 15.1. The standard InChI is InChI=1S/C21H28N2O2/c1-3-4-10-19-20(24)22(2)17-21(25-19)12-15-23(16-13-21)14-11-18-8-6-5-7-9-18/h1,5-9,19H,4,10-17H2,2H3/t19-/m1/s1. The number of likely N-dealkylation sites (tertiary alicyclic amines) is 1. The van der Waals surface area contributed by atoms with E-state index in [1.54, 1.807) is 0 Å². The number of hydrogen-bond acceptors (Lipinski definition) is 3. The summed E-state index contributed by atoms with van der Waals surface area (Å²) in [5.74, 6) is 2.70. The lowest BCUT2D eigenvalue weighted by atomic mass is 9.88. The maximum Gasteiger partial charge on any atom is 0.251 e. The molecule has 1 spiro atoms. The van der Waals surface area contributed by atoms with Crippen LogP contribution in [0.5, 0.6) is 0 Å². The zero-order chi connectivity index (χ0) is 17.7. The van der Waals surface area contributed by atoms with Crippen LogP contribution >= 0.6 is 0 Å². The molecule has 2 heterocycles. The van der Waals surface area contributed by atoms with E-state index in [1.165, 1.54) is 5.56 Å². The van der Waals surface area contributed by atoms with Crippen molar-refractivity contribution in [3.63, 3.8) is 0 Å². The number of nitrogens with zero attached hydrogens (tertiary/aromatic N) is 2. The summed E-state index contributed by atoms with van der Waals surface area (Å²) < 4.78 is 6.30. The molecule has 1 aromatic rings. The number of terminal acetylenes is 1. The highest BCUT2D eigenvalue weighted by Crippen LogP contribution is 2.33. The van der Waals surface area contributed by atoms with Crippen LogP contribution in [0.4, 0.5) is 0 Å². The van der Waals surface area contributed by atoms with Crippen LogP contribution in [0.25, 0.3) is 0 Å². The van der Waals surface area contributed by atoms with Crippen LogP contribution in [0, 0.1) is 12.3 Å². The summed E-state index contributed by atoms with van der Waals surface area (Å²) in [6.07, 6.45) is 9.24. The Balaban J connectivity index is 1.53. The molecule has 25 heavy (non-hydrogen) atoms. The first kappa shape index (κ1) is 18.0. The lowest BCUT2D eigenvalue weighted by molar-refractivity contribution is -0.190. The molecule has 0 unspecified atom stereocenters. The maximum atomic E-state index is 12.3. The molecule has 1 aromatic carbocycles. The molecule has 4 nitrogen and oxygen atoms in total. The van der Waals surface area contributed by atoms with Gasteiger partial charge in [0, 0.05) is 39.6 Å². The molecule has 3 rings (SSSR count). The minimum Gasteiger partial charge on any atom is -0.360 e. The van der Waals surface area contributed by atoms with Crippen molar-refractivity contribution >= 4 is 5.91 Å². The second-order valence-electron chi connectivity index (χ2n) is 7.30. The van der Waals surface area contributed by atoms with Gasteiger partial charge in [-0.1, -0.05) is 30.3 Å². The van der Waals surface area contributed by atoms with Gasteiger partial charge in [0.25, 0.3) is 5.91 Å². The third-order valence-electron chi connectivity index (χ3n) is 5.45. The molecule has 0 radical (unpaired) electrons. The third-order valence-corrected chi connectivity index (χ3v) is 5.45. The first-order valence-corrected chi connectivity index (χ1v) is 9.24. The van der Waals surface area contributed by atoms with Crippen LogP contribution in [0.15, 0.2) is 30.3 Å². The monoisotopic (exact) mass is 340 g/mol. The predicted molar refractivity (Wildman–Crippen MR) is 99.1 cm³/mol. The van der Waals surface area contributed by atoms with Gasteiger partial charge >= 0.3 is 0 Å². The molecule has 0 N–H and O–H groups in total. The third kappa shape index (κ3) is 4.42. The van der Waals surface area contributed by atoms with E-state index in [-0.39, 0.29) is 17.6 Å². The number of hydrogen-bond donors (Lipinski definition) is 0. The molecule has 2 aliphatic rings. The summed E-state index contributed by atoms with van der Waals surface area (Å²) in [7, 11) is 1.89. The number of rotatable bonds is 5. The summed E-state index contributed by atoms with van der Waals surface area (Å²) in [6, 6.07) is 10.6. The Kier molecular flexibility index (Phi) is 5.78. The van der Waals surface area contributed by atoms with Crippen LogP contribution in [-0.4, -0.2) is 60.6 Å². The van der Waals surface area contributed by atoms with Gasteiger partial charge in [-0.25, -0.2) is 0 Å². The van der Waals surface area contributed by atoms with Gasteiger partial charge in [-0.3, -0.25) is 4.79 Å². The van der Waals surface area contributed by atoms with Crippen LogP contribution in [0.3, 0.4) is 0 Å². The number of amides is 1. The highest BCUT2D eigenvalue weighted by Gasteiger charge is 2.45. The minimum absolute atomic E-state index is 0.0763. The molecule has 0 aromatic heterocycles. The summed E-state index contributed by atoms with van der Waals surface area (Å²) in [4.78, 5) is 16.6. The van der Waals surface area contributed by atoms with Crippen molar-refractivity contribution in [2.75, 3.05) is 33.2 Å². The van der Waals surface area contributed by atoms with Crippen molar-refractivity contribution in [1.82, 2.24) is 9.80 Å². The maximum absolute atomic E-state index is 12.3. The second-order valence-corrected chi connectivity index (χ2v) is 7.30. The number of carbonyl (C=O) groups excluding carboxylic acids is 1. The van der Waals surface area contributed by atoms with Crippen molar-refractivity contribution in [3.05, 3.63) is 35.9 Å². The summed E-state index contributed by atoms with van der Waals surface area (Å²) in [5.41, 5.74) is 1.20. The van der Waals surface area contributed by atoms with Crippen LogP contribution in [0.2, 0.25) is 0 Å². The van der Waals surface area contributed by atoms with Crippen molar-refractivity contribution < 1.29 is 9.53 Å². The molecule has 4 heteroatoms. The summed E-state index contributed by atoms with van der Waals surface area (Å²) in [6.45, 7) is 3.83. The van der Waals surface area contributed by atoms with Crippen molar-refractivity contribution in [2.45, 2.75) is 43.8 Å². The van der Waals surface area contributed by atoms with E-state index in [0.717, 1.165) is 38.9 Å². The highest BCUT2D eigenvalue weighted by atomic mass is 16.5. The van der Waals surface area contributed by atoms with E-state index in [1.807, 2.05) is 11.9 Å². The van der Waals surface area contributed by atoms with E-state index in [4.69, 9.17) is 11.2 Å². The first-order valence-electron chi connectivity index (χ1n) is 9.24. The van der Waals surface area contributed by atoms with Gasteiger partial charge < -0.3 is 14.5 Å². The Morgan fingerprint density at radius 1 is 1.28 bits per heavy atom. The predicted octanol–water partition coefficient (Wildman–Crippen LogP) is 2.33. The minimum atomic E-state index is -0.370. The number of ether oxygens (including phenoxy) is 1. The van der Waals surface area contributed by atoms with E-state index < -0.39 is 0 Å². The Hall–Kier alpha value is -1.83. The van der Waals surface area contributed by atoms with Crippen LogP contribution in [-0.2, 0) is 16.0 Å². The van der Waals surface area contributed by atoms with Crippen molar-refractivity contribution in [3.8, 4) is 12.3 Å². The topological polar surface area (TPSA) is 32.8 Å². The average Bonchev–Trinajstić information content (AvgIpc) is 2.64. The average molecular weight is 340 g/mol. The molecule has 134 valence electrons. The van der Waals surface area contributed by atoms with E-state index in [0.29, 0.717) is 19.4 Å². The Labute approximate surface area is 151 Å². The fourth-order valence-corrected chi connectivity index (χ4v) is 3.93. The quantitative estimate of drug-likeness (QED) is 0.772. The Morgan fingerprint density at radius 3 is 2.68 bits per heavy atom. The van der Waals surface area contributed by atoms with Gasteiger partial charge in [0.1, 0.15) is 6.10 Å². The number of morpholine rings is 1. The van der Waals surface area contributed by atoms with Crippen molar-refractivity contribution in [2.24, 2.45) is 0 Å². The number of likely N-dealkylation sites (N-methyl/N-ethyl adjacent to an activating group) is 1. The highest BCUT2D eigenvalue weighted by molar-refractivity contribution is 5.81. The molecule has 0 aliphatic carbocycles. The first-order chi connectivity index (χ1) is 12.1. The number of piperidine rings is 1. The Bertz CT molecular complexity index is 615. The SMILES string of the molecule is C#CCC[C@H]1OC2(CCN(CCc3ccccc3)CC2)CN(C)C1=O. The normalized spacial score (nSPS) is 23.6. The molecular formula is C21H28N2O2. The van der Waals surface area contributed by atoms with E-state index in [2.05, 4.69) is 41.2 Å². The lowest BCUT2D eigenvalue weighted by Crippen LogP contribution is -2.61. The molecule has 2 fully saturated rings. The van der Waals surface area contributed by atoms with Gasteiger partial charge in [0.05, 0.1) is 5.60 Å². The molecule has 2 saturated heterocycles. The zero-order valence-corrected chi connectivity index (χ0v) is 15.1. The number of benzene rings is 1. The molecule has 1 amide bonds. The van der Waals surface area contributed by atoms with Gasteiger partial charge in [-0.05, 0) is 31.2 Å². The van der Waals surface area contributed by atoms with Crippen LogP contribution in [0.1, 0.15) is 31.2 Å². The van der Waals surface area contributed by atoms with Crippen molar-refractivity contribution in [1.29, 1.82) is 0 Å². The lowest BCUT2D eigenvalue weighted by Gasteiger charge is -2.48. The smallest absolute Gasteiger partial charge is 0.251 e. The van der Waals surface area contributed by atoms with E-state index >= 15 is 0 Å². The molecule has 2 aliphatic heterocycles. The van der Waals surface area contributed by atoms with Gasteiger partial charge in [0.2, 0.25) is 0 Å². The second kappa shape index (κ2) is 8.03. The molecule has 1 atom stereocenters. The van der Waals surface area contributed by atoms with Gasteiger partial charge in [0.15, 0.2) is 0 Å². The summed E-state index contributed by atoms with van der Waals surface area (Å²) in [5, 5.41) is 0.